The highest BCUT2D eigenvalue weighted by Crippen LogP contribution is 2.65. The molecule has 0 saturated heterocycles. The van der Waals surface area contributed by atoms with Crippen LogP contribution in [0.4, 0.5) is 17.6 Å². The number of carbonyl (C=O) groups is 1. The standard InChI is InChI=1S/C25H24ClF4NO/c26-19-4-2-18(3-5-19)23-9-16-7-17(10-23)12-24(11-16,14-23)22(32)31-13-15-1-6-21(27)20(8-15)25(28,29)30/h1-6,8,16-17H,7,9-14H2,(H,31,32). The summed E-state index contributed by atoms with van der Waals surface area (Å²) in [5, 5.41) is 3.57. The van der Waals surface area contributed by atoms with Gasteiger partial charge >= 0.3 is 6.18 Å². The Bertz CT molecular complexity index is 1030. The molecule has 170 valence electrons. The van der Waals surface area contributed by atoms with E-state index >= 15 is 0 Å². The fourth-order valence-electron chi connectivity index (χ4n) is 6.94. The SMILES string of the molecule is O=C(NCc1ccc(F)c(C(F)(F)F)c1)C12CC3CC(C1)CC(c1ccc(Cl)cc1)(C3)C2. The van der Waals surface area contributed by atoms with Crippen LogP contribution in [-0.4, -0.2) is 5.91 Å². The number of amides is 1. The monoisotopic (exact) mass is 465 g/mol. The van der Waals surface area contributed by atoms with Gasteiger partial charge in [0.15, 0.2) is 0 Å². The molecule has 6 rings (SSSR count). The first-order chi connectivity index (χ1) is 15.1. The number of benzene rings is 2. The third-order valence-corrected chi connectivity index (χ3v) is 8.04. The summed E-state index contributed by atoms with van der Waals surface area (Å²) in [7, 11) is 0. The predicted octanol–water partition coefficient (Wildman–Crippen LogP) is 6.65. The lowest BCUT2D eigenvalue weighted by Gasteiger charge is -2.61. The molecule has 0 heterocycles. The van der Waals surface area contributed by atoms with Gasteiger partial charge in [-0.15, -0.1) is 0 Å². The molecule has 7 heteroatoms. The van der Waals surface area contributed by atoms with Crippen molar-refractivity contribution in [3.05, 3.63) is 70.0 Å². The lowest BCUT2D eigenvalue weighted by atomic mass is 9.42. The third kappa shape index (κ3) is 3.70. The normalized spacial score (nSPS) is 31.0. The molecule has 0 aromatic heterocycles. The van der Waals surface area contributed by atoms with Crippen molar-refractivity contribution < 1.29 is 22.4 Å². The van der Waals surface area contributed by atoms with Crippen LogP contribution in [-0.2, 0) is 22.9 Å². The first-order valence-corrected chi connectivity index (χ1v) is 11.4. The summed E-state index contributed by atoms with van der Waals surface area (Å²) in [6.45, 7) is -0.0484. The summed E-state index contributed by atoms with van der Waals surface area (Å²) in [5.74, 6) is -0.456. The topological polar surface area (TPSA) is 29.1 Å². The van der Waals surface area contributed by atoms with Crippen molar-refractivity contribution >= 4 is 17.5 Å². The van der Waals surface area contributed by atoms with E-state index in [1.165, 1.54) is 11.6 Å². The Morgan fingerprint density at radius 1 is 1.03 bits per heavy atom. The molecule has 4 aliphatic carbocycles. The molecule has 4 aliphatic rings. The molecule has 4 bridgehead atoms. The average molecular weight is 466 g/mol. The molecule has 4 fully saturated rings. The Hall–Kier alpha value is -2.08. The van der Waals surface area contributed by atoms with Crippen molar-refractivity contribution in [2.45, 2.75) is 56.7 Å². The second-order valence-corrected chi connectivity index (χ2v) is 10.5. The number of rotatable bonds is 4. The van der Waals surface area contributed by atoms with Crippen LogP contribution in [0.25, 0.3) is 0 Å². The molecule has 1 amide bonds. The summed E-state index contributed by atoms with van der Waals surface area (Å²) in [5.41, 5.74) is -0.395. The Morgan fingerprint density at radius 2 is 1.69 bits per heavy atom. The van der Waals surface area contributed by atoms with Gasteiger partial charge in [0.1, 0.15) is 5.82 Å². The fraction of sp³-hybridized carbons (Fsp3) is 0.480. The zero-order valence-corrected chi connectivity index (χ0v) is 18.2. The second kappa shape index (κ2) is 7.47. The quantitative estimate of drug-likeness (QED) is 0.503. The van der Waals surface area contributed by atoms with Crippen LogP contribution < -0.4 is 5.32 Å². The highest BCUT2D eigenvalue weighted by Gasteiger charge is 2.60. The molecule has 2 nitrogen and oxygen atoms in total. The molecule has 2 aromatic rings. The maximum absolute atomic E-state index is 13.6. The van der Waals surface area contributed by atoms with Gasteiger partial charge in [-0.25, -0.2) is 4.39 Å². The minimum atomic E-state index is -4.77. The lowest BCUT2D eigenvalue weighted by molar-refractivity contribution is -0.149. The number of hydrogen-bond acceptors (Lipinski definition) is 1. The minimum absolute atomic E-state index is 0.0484. The van der Waals surface area contributed by atoms with Crippen LogP contribution in [0.5, 0.6) is 0 Å². The molecule has 0 spiro atoms. The number of nitrogens with one attached hydrogen (secondary N) is 1. The zero-order valence-electron chi connectivity index (χ0n) is 17.4. The van der Waals surface area contributed by atoms with Crippen LogP contribution in [0.2, 0.25) is 5.02 Å². The van der Waals surface area contributed by atoms with Crippen molar-refractivity contribution in [1.29, 1.82) is 0 Å². The fourth-order valence-corrected chi connectivity index (χ4v) is 7.06. The molecule has 1 N–H and O–H groups in total. The van der Waals surface area contributed by atoms with Gasteiger partial charge in [0.2, 0.25) is 5.91 Å². The Labute approximate surface area is 189 Å². The number of alkyl halides is 3. The van der Waals surface area contributed by atoms with Gasteiger partial charge in [-0.05, 0) is 91.2 Å². The molecule has 4 saturated carbocycles. The van der Waals surface area contributed by atoms with Crippen molar-refractivity contribution in [2.75, 3.05) is 0 Å². The molecule has 2 aromatic carbocycles. The smallest absolute Gasteiger partial charge is 0.352 e. The van der Waals surface area contributed by atoms with Gasteiger partial charge in [-0.2, -0.15) is 13.2 Å². The summed E-state index contributed by atoms with van der Waals surface area (Å²) in [4.78, 5) is 13.4. The maximum Gasteiger partial charge on any atom is 0.419 e. The van der Waals surface area contributed by atoms with Gasteiger partial charge in [0, 0.05) is 11.6 Å². The lowest BCUT2D eigenvalue weighted by Crippen LogP contribution is -2.59. The van der Waals surface area contributed by atoms with E-state index in [0.717, 1.165) is 50.7 Å². The number of hydrogen-bond donors (Lipinski definition) is 1. The van der Waals surface area contributed by atoms with Crippen LogP contribution in [0.3, 0.4) is 0 Å². The minimum Gasteiger partial charge on any atom is -0.352 e. The molecular weight excluding hydrogens is 442 g/mol. The van der Waals surface area contributed by atoms with E-state index in [9.17, 15) is 22.4 Å². The molecule has 32 heavy (non-hydrogen) atoms. The highest BCUT2D eigenvalue weighted by atomic mass is 35.5. The third-order valence-electron chi connectivity index (χ3n) is 7.79. The van der Waals surface area contributed by atoms with E-state index in [1.54, 1.807) is 0 Å². The molecule has 0 aliphatic heterocycles. The number of carbonyl (C=O) groups excluding carboxylic acids is 1. The summed E-state index contributed by atoms with van der Waals surface area (Å²) in [6, 6.07) is 10.8. The van der Waals surface area contributed by atoms with Gasteiger partial charge in [0.25, 0.3) is 0 Å². The first kappa shape index (κ1) is 21.7. The van der Waals surface area contributed by atoms with Gasteiger partial charge < -0.3 is 5.32 Å². The first-order valence-electron chi connectivity index (χ1n) is 11.0. The molecule has 0 radical (unpaired) electrons. The van der Waals surface area contributed by atoms with Gasteiger partial charge in [-0.3, -0.25) is 4.79 Å². The van der Waals surface area contributed by atoms with Crippen molar-refractivity contribution in [1.82, 2.24) is 5.32 Å². The van der Waals surface area contributed by atoms with E-state index in [0.29, 0.717) is 16.9 Å². The van der Waals surface area contributed by atoms with Crippen LogP contribution >= 0.6 is 11.6 Å². The Morgan fingerprint density at radius 3 is 2.31 bits per heavy atom. The van der Waals surface area contributed by atoms with Gasteiger partial charge in [-0.1, -0.05) is 29.8 Å². The van der Waals surface area contributed by atoms with Gasteiger partial charge in [0.05, 0.1) is 11.0 Å². The van der Waals surface area contributed by atoms with Crippen molar-refractivity contribution in [3.63, 3.8) is 0 Å². The van der Waals surface area contributed by atoms with E-state index in [4.69, 9.17) is 11.6 Å². The van der Waals surface area contributed by atoms with Crippen LogP contribution in [0.1, 0.15) is 55.2 Å². The van der Waals surface area contributed by atoms with E-state index in [2.05, 4.69) is 17.4 Å². The summed E-state index contributed by atoms with van der Waals surface area (Å²) >= 11 is 6.09. The highest BCUT2D eigenvalue weighted by molar-refractivity contribution is 6.30. The summed E-state index contributed by atoms with van der Waals surface area (Å²) < 4.78 is 52.7. The van der Waals surface area contributed by atoms with Crippen molar-refractivity contribution in [2.24, 2.45) is 17.3 Å². The largest absolute Gasteiger partial charge is 0.419 e. The average Bonchev–Trinajstić information content (AvgIpc) is 2.71. The Kier molecular flexibility index (Phi) is 5.08. The zero-order chi connectivity index (χ0) is 22.7. The molecule has 2 atom stereocenters. The molecular formula is C25H24ClF4NO. The summed E-state index contributed by atoms with van der Waals surface area (Å²) in [6.07, 6.45) is 0.883. The number of halogens is 5. The second-order valence-electron chi connectivity index (χ2n) is 10.0. The van der Waals surface area contributed by atoms with Crippen LogP contribution in [0, 0.1) is 23.1 Å². The van der Waals surface area contributed by atoms with Crippen molar-refractivity contribution in [3.8, 4) is 0 Å². The van der Waals surface area contributed by atoms with E-state index in [-0.39, 0.29) is 23.4 Å². The molecule has 2 unspecified atom stereocenters. The predicted molar refractivity (Wildman–Crippen MR) is 113 cm³/mol. The van der Waals surface area contributed by atoms with E-state index < -0.39 is 23.0 Å². The Balaban J connectivity index is 1.37. The van der Waals surface area contributed by atoms with E-state index in [1.807, 2.05) is 12.1 Å². The maximum atomic E-state index is 13.6. The van der Waals surface area contributed by atoms with Crippen LogP contribution in [0.15, 0.2) is 42.5 Å².